The molecule has 0 saturated carbocycles. The van der Waals surface area contributed by atoms with Crippen LogP contribution in [0, 0.1) is 10.8 Å². The number of nitrogens with zero attached hydrogens (tertiary/aromatic N) is 4. The molecule has 0 aliphatic carbocycles. The number of carbonyl (C=O) groups excluding carboxylic acids is 2. The Kier molecular flexibility index (Phi) is 7.01. The minimum absolute atomic E-state index is 0.0591. The van der Waals surface area contributed by atoms with Crippen LogP contribution in [-0.2, 0) is 9.59 Å². The summed E-state index contributed by atoms with van der Waals surface area (Å²) in [7, 11) is 0. The number of allylic oxidation sites excluding steroid dienone is 1. The molecular weight excluding hydrogens is 462 g/mol. The zero-order valence-corrected chi connectivity index (χ0v) is 18.8. The van der Waals surface area contributed by atoms with Crippen LogP contribution in [0.3, 0.4) is 0 Å². The first-order valence-electron chi connectivity index (χ1n) is 9.78. The van der Waals surface area contributed by atoms with Gasteiger partial charge >= 0.3 is 0 Å². The highest BCUT2D eigenvalue weighted by molar-refractivity contribution is 9.10. The van der Waals surface area contributed by atoms with E-state index in [1.165, 1.54) is 19.1 Å². The third kappa shape index (κ3) is 4.91. The summed E-state index contributed by atoms with van der Waals surface area (Å²) in [6, 6.07) is 5.62. The molecule has 3 N–H and O–H groups in total. The van der Waals surface area contributed by atoms with Gasteiger partial charge in [-0.3, -0.25) is 14.9 Å². The number of nitrogens with one attached hydrogen (secondary N) is 3. The van der Waals surface area contributed by atoms with Crippen molar-refractivity contribution in [1.82, 2.24) is 14.6 Å². The number of hydrogen-bond acceptors (Lipinski definition) is 6. The maximum Gasteiger partial charge on any atom is 0.259 e. The normalized spacial score (nSPS) is 14.8. The standard InChI is InChI=1S/C21H24BrN7O2/c1-3-18(30)27-8-5-9-28(11-10-27)29-19-16(22)6-4-7-17(19)25-21(29)26-20(31)15(13-23)12-14(2)24/h3-4,6-7,12-13,23-24H,1,5,8-11H2,2H3,(H,25,26,31)/b15-12+,23-13?,24-14?. The zero-order chi connectivity index (χ0) is 22.5. The first-order valence-corrected chi connectivity index (χ1v) is 10.6. The van der Waals surface area contributed by atoms with Crippen LogP contribution in [0.15, 0.2) is 47.0 Å². The molecule has 2 heterocycles. The molecule has 0 radical (unpaired) electrons. The van der Waals surface area contributed by atoms with Crippen molar-refractivity contribution in [3.05, 3.63) is 47.0 Å². The predicted molar refractivity (Wildman–Crippen MR) is 126 cm³/mol. The van der Waals surface area contributed by atoms with Gasteiger partial charge in [0.2, 0.25) is 11.9 Å². The molecule has 0 atom stereocenters. The van der Waals surface area contributed by atoms with Crippen molar-refractivity contribution < 1.29 is 9.59 Å². The van der Waals surface area contributed by atoms with E-state index in [0.29, 0.717) is 37.6 Å². The Morgan fingerprint density at radius 1 is 1.26 bits per heavy atom. The van der Waals surface area contributed by atoms with E-state index in [1.807, 2.05) is 27.9 Å². The Bertz CT molecular complexity index is 1090. The minimum atomic E-state index is -0.521. The maximum atomic E-state index is 12.7. The number of imidazole rings is 1. The molecule has 10 heteroatoms. The lowest BCUT2D eigenvalue weighted by Gasteiger charge is -2.27. The van der Waals surface area contributed by atoms with Gasteiger partial charge in [0.1, 0.15) is 5.52 Å². The van der Waals surface area contributed by atoms with Crippen LogP contribution in [0.4, 0.5) is 5.95 Å². The average Bonchev–Trinajstić information content (AvgIpc) is 2.93. The van der Waals surface area contributed by atoms with Gasteiger partial charge in [0, 0.05) is 36.0 Å². The minimum Gasteiger partial charge on any atom is -0.337 e. The van der Waals surface area contributed by atoms with Gasteiger partial charge in [0.25, 0.3) is 5.91 Å². The van der Waals surface area contributed by atoms with Gasteiger partial charge in [0.15, 0.2) is 0 Å². The smallest absolute Gasteiger partial charge is 0.259 e. The molecule has 1 aromatic carbocycles. The lowest BCUT2D eigenvalue weighted by atomic mass is 10.2. The lowest BCUT2D eigenvalue weighted by molar-refractivity contribution is -0.125. The van der Waals surface area contributed by atoms with E-state index in [4.69, 9.17) is 10.8 Å². The summed E-state index contributed by atoms with van der Waals surface area (Å²) in [5, 5.41) is 19.9. The molecule has 2 aromatic rings. The van der Waals surface area contributed by atoms with Crippen molar-refractivity contribution in [2.75, 3.05) is 36.5 Å². The van der Waals surface area contributed by atoms with Crippen LogP contribution in [0.5, 0.6) is 0 Å². The largest absolute Gasteiger partial charge is 0.337 e. The molecule has 0 unspecified atom stereocenters. The van der Waals surface area contributed by atoms with Crippen LogP contribution in [0.25, 0.3) is 11.0 Å². The Labute approximate surface area is 188 Å². The third-order valence-corrected chi connectivity index (χ3v) is 5.50. The van der Waals surface area contributed by atoms with E-state index in [9.17, 15) is 9.59 Å². The summed E-state index contributed by atoms with van der Waals surface area (Å²) in [5.41, 5.74) is 1.72. The molecule has 0 spiro atoms. The molecule has 1 aliphatic heterocycles. The number of rotatable bonds is 6. The number of benzene rings is 1. The predicted octanol–water partition coefficient (Wildman–Crippen LogP) is 2.71. The summed E-state index contributed by atoms with van der Waals surface area (Å²) in [5.74, 6) is -0.312. The second-order valence-corrected chi connectivity index (χ2v) is 7.93. The molecule has 1 aromatic heterocycles. The molecular formula is C21H24BrN7O2. The van der Waals surface area contributed by atoms with E-state index in [1.54, 1.807) is 4.90 Å². The molecule has 31 heavy (non-hydrogen) atoms. The molecule has 3 rings (SSSR count). The van der Waals surface area contributed by atoms with Crippen LogP contribution < -0.4 is 10.3 Å². The van der Waals surface area contributed by atoms with Gasteiger partial charge < -0.3 is 20.7 Å². The second-order valence-electron chi connectivity index (χ2n) is 7.07. The van der Waals surface area contributed by atoms with Gasteiger partial charge in [-0.1, -0.05) is 12.6 Å². The number of amides is 2. The highest BCUT2D eigenvalue weighted by atomic mass is 79.9. The molecule has 1 fully saturated rings. The van der Waals surface area contributed by atoms with Crippen molar-refractivity contribution >= 4 is 56.7 Å². The van der Waals surface area contributed by atoms with Gasteiger partial charge in [0.05, 0.1) is 17.6 Å². The first-order chi connectivity index (χ1) is 14.8. The van der Waals surface area contributed by atoms with Gasteiger partial charge in [-0.05, 0) is 53.6 Å². The van der Waals surface area contributed by atoms with E-state index < -0.39 is 5.91 Å². The fourth-order valence-electron chi connectivity index (χ4n) is 3.46. The van der Waals surface area contributed by atoms with Gasteiger partial charge in [-0.15, -0.1) is 0 Å². The average molecular weight is 486 g/mol. The first kappa shape index (κ1) is 22.4. The number of anilines is 1. The monoisotopic (exact) mass is 485 g/mol. The fraction of sp³-hybridized carbons (Fsp3) is 0.286. The number of para-hydroxylation sites is 1. The molecule has 1 saturated heterocycles. The second kappa shape index (κ2) is 9.69. The third-order valence-electron chi connectivity index (χ3n) is 4.86. The van der Waals surface area contributed by atoms with Crippen molar-refractivity contribution in [3.8, 4) is 0 Å². The lowest BCUT2D eigenvalue weighted by Crippen LogP contribution is -2.40. The topological polar surface area (TPSA) is 118 Å². The van der Waals surface area contributed by atoms with E-state index in [0.717, 1.165) is 22.6 Å². The summed E-state index contributed by atoms with van der Waals surface area (Å²) < 4.78 is 2.66. The SMILES string of the molecule is C=CC(=O)N1CCCN(n2c(NC(=O)/C(C=N)=C/C(C)=N)nc3cccc(Br)c32)CC1. The molecule has 2 amide bonds. The number of halogens is 1. The van der Waals surface area contributed by atoms with E-state index in [-0.39, 0.29) is 17.2 Å². The Balaban J connectivity index is 2.01. The molecule has 0 bridgehead atoms. The molecule has 9 nitrogen and oxygen atoms in total. The summed E-state index contributed by atoms with van der Waals surface area (Å²) >= 11 is 3.58. The van der Waals surface area contributed by atoms with Crippen LogP contribution in [0.1, 0.15) is 13.3 Å². The van der Waals surface area contributed by atoms with Crippen molar-refractivity contribution in [2.24, 2.45) is 0 Å². The van der Waals surface area contributed by atoms with Crippen LogP contribution in [-0.4, -0.2) is 64.5 Å². The number of aromatic nitrogens is 2. The maximum absolute atomic E-state index is 12.7. The van der Waals surface area contributed by atoms with Crippen LogP contribution >= 0.6 is 15.9 Å². The zero-order valence-electron chi connectivity index (χ0n) is 17.2. The van der Waals surface area contributed by atoms with Crippen molar-refractivity contribution in [1.29, 1.82) is 10.8 Å². The number of hydrogen-bond donors (Lipinski definition) is 3. The molecule has 1 aliphatic rings. The quantitative estimate of drug-likeness (QED) is 0.430. The van der Waals surface area contributed by atoms with Crippen molar-refractivity contribution in [2.45, 2.75) is 13.3 Å². The van der Waals surface area contributed by atoms with E-state index in [2.05, 4.69) is 32.8 Å². The Morgan fingerprint density at radius 3 is 2.71 bits per heavy atom. The Morgan fingerprint density at radius 2 is 2.03 bits per heavy atom. The van der Waals surface area contributed by atoms with Gasteiger partial charge in [-0.25, -0.2) is 9.66 Å². The summed E-state index contributed by atoms with van der Waals surface area (Å²) in [6.07, 6.45) is 4.31. The highest BCUT2D eigenvalue weighted by Gasteiger charge is 2.24. The van der Waals surface area contributed by atoms with Crippen molar-refractivity contribution in [3.63, 3.8) is 0 Å². The van der Waals surface area contributed by atoms with Gasteiger partial charge in [-0.2, -0.15) is 0 Å². The molecule has 162 valence electrons. The summed E-state index contributed by atoms with van der Waals surface area (Å²) in [4.78, 5) is 31.1. The fourth-order valence-corrected chi connectivity index (χ4v) is 3.98. The van der Waals surface area contributed by atoms with E-state index >= 15 is 0 Å². The Hall–Kier alpha value is -3.27. The number of carbonyl (C=O) groups is 2. The summed E-state index contributed by atoms with van der Waals surface area (Å²) in [6.45, 7) is 7.44. The van der Waals surface area contributed by atoms with Crippen LogP contribution in [0.2, 0.25) is 0 Å². The highest BCUT2D eigenvalue weighted by Crippen LogP contribution is 2.28. The number of fused-ring (bicyclic) bond motifs is 1.